The summed E-state index contributed by atoms with van der Waals surface area (Å²) in [4.78, 5) is 11.9. The molecule has 0 radical (unpaired) electrons. The van der Waals surface area contributed by atoms with Gasteiger partial charge in [-0.2, -0.15) is 0 Å². The fourth-order valence-electron chi connectivity index (χ4n) is 1.58. The zero-order valence-corrected chi connectivity index (χ0v) is 13.5. The van der Waals surface area contributed by atoms with Crippen LogP contribution in [0.1, 0.15) is 33.3 Å². The Labute approximate surface area is 123 Å². The van der Waals surface area contributed by atoms with Crippen molar-refractivity contribution in [2.45, 2.75) is 45.6 Å². The lowest BCUT2D eigenvalue weighted by atomic mass is 9.89. The molecule has 0 aliphatic carbocycles. The predicted molar refractivity (Wildman–Crippen MR) is 81.7 cm³/mol. The van der Waals surface area contributed by atoms with Crippen molar-refractivity contribution in [2.24, 2.45) is 5.41 Å². The lowest BCUT2D eigenvalue weighted by Gasteiger charge is -2.27. The Kier molecular flexibility index (Phi) is 5.69. The quantitative estimate of drug-likeness (QED) is 0.797. The number of hydrogen-bond acceptors (Lipinski definition) is 3. The van der Waals surface area contributed by atoms with Crippen LogP contribution in [0.15, 0.2) is 40.6 Å². The lowest BCUT2D eigenvalue weighted by molar-refractivity contribution is -0.148. The van der Waals surface area contributed by atoms with E-state index < -0.39 is 16.9 Å². The fourth-order valence-corrected chi connectivity index (χ4v) is 2.42. The summed E-state index contributed by atoms with van der Waals surface area (Å²) in [5.74, 6) is -0.337. The van der Waals surface area contributed by atoms with Gasteiger partial charge in [0.15, 0.2) is 0 Å². The van der Waals surface area contributed by atoms with Crippen molar-refractivity contribution >= 4 is 16.8 Å². The molecule has 2 atom stereocenters. The number of rotatable bonds is 4. The minimum Gasteiger partial charge on any atom is -0.458 e. The van der Waals surface area contributed by atoms with Gasteiger partial charge in [0.2, 0.25) is 0 Å². The number of aryl methyl sites for hydroxylation is 1. The van der Waals surface area contributed by atoms with Crippen LogP contribution in [0.3, 0.4) is 0 Å². The molecule has 0 aliphatic heterocycles. The first-order valence-electron chi connectivity index (χ1n) is 6.53. The average Bonchev–Trinajstić information content (AvgIpc) is 2.33. The first-order chi connectivity index (χ1) is 9.20. The van der Waals surface area contributed by atoms with Gasteiger partial charge in [0, 0.05) is 22.6 Å². The number of ether oxygens (including phenoxy) is 1. The molecule has 1 aromatic rings. The molecule has 110 valence electrons. The van der Waals surface area contributed by atoms with Crippen molar-refractivity contribution in [3.05, 3.63) is 41.3 Å². The smallest absolute Gasteiger partial charge is 0.303 e. The highest BCUT2D eigenvalue weighted by molar-refractivity contribution is 7.88. The van der Waals surface area contributed by atoms with Gasteiger partial charge in [0.05, 0.1) is 10.8 Å². The summed E-state index contributed by atoms with van der Waals surface area (Å²) in [6.45, 7) is 9.28. The third kappa shape index (κ3) is 5.29. The van der Waals surface area contributed by atoms with Gasteiger partial charge < -0.3 is 4.74 Å². The van der Waals surface area contributed by atoms with E-state index in [-0.39, 0.29) is 11.4 Å². The fraction of sp³-hybridized carbons (Fsp3) is 0.438. The van der Waals surface area contributed by atoms with E-state index >= 15 is 0 Å². The van der Waals surface area contributed by atoms with E-state index in [4.69, 9.17) is 4.74 Å². The first kappa shape index (κ1) is 16.6. The van der Waals surface area contributed by atoms with E-state index in [0.29, 0.717) is 0 Å². The largest absolute Gasteiger partial charge is 0.458 e. The molecule has 20 heavy (non-hydrogen) atoms. The SMILES string of the molecule is CC(=O)O[C@H](/C=C/S(=O)c1ccc(C)cc1)C(C)(C)C. The van der Waals surface area contributed by atoms with Crippen molar-refractivity contribution in [1.29, 1.82) is 0 Å². The van der Waals surface area contributed by atoms with Crippen LogP contribution in [0, 0.1) is 12.3 Å². The van der Waals surface area contributed by atoms with Crippen molar-refractivity contribution in [3.63, 3.8) is 0 Å². The van der Waals surface area contributed by atoms with E-state index in [1.165, 1.54) is 6.92 Å². The molecule has 0 aliphatic rings. The second-order valence-corrected chi connectivity index (χ2v) is 7.17. The summed E-state index contributed by atoms with van der Waals surface area (Å²) in [6.07, 6.45) is 1.31. The molecular weight excluding hydrogens is 272 g/mol. The Morgan fingerprint density at radius 2 is 1.80 bits per heavy atom. The Morgan fingerprint density at radius 1 is 1.25 bits per heavy atom. The minimum absolute atomic E-state index is 0.236. The molecule has 0 spiro atoms. The zero-order valence-electron chi connectivity index (χ0n) is 12.7. The van der Waals surface area contributed by atoms with Gasteiger partial charge in [-0.3, -0.25) is 4.79 Å². The third-order valence-electron chi connectivity index (χ3n) is 2.78. The van der Waals surface area contributed by atoms with Crippen LogP contribution < -0.4 is 0 Å². The highest BCUT2D eigenvalue weighted by Crippen LogP contribution is 2.24. The second kappa shape index (κ2) is 6.84. The van der Waals surface area contributed by atoms with E-state index in [1.54, 1.807) is 11.5 Å². The Bertz CT molecular complexity index is 510. The molecule has 4 heteroatoms. The van der Waals surface area contributed by atoms with Crippen molar-refractivity contribution in [1.82, 2.24) is 0 Å². The molecule has 0 bridgehead atoms. The zero-order chi connectivity index (χ0) is 15.3. The molecule has 1 unspecified atom stereocenters. The van der Waals surface area contributed by atoms with Crippen molar-refractivity contribution in [3.8, 4) is 0 Å². The van der Waals surface area contributed by atoms with E-state index in [9.17, 15) is 9.00 Å². The van der Waals surface area contributed by atoms with Crippen LogP contribution in [0.4, 0.5) is 0 Å². The number of carbonyl (C=O) groups is 1. The average molecular weight is 294 g/mol. The summed E-state index contributed by atoms with van der Waals surface area (Å²) in [7, 11) is -1.23. The van der Waals surface area contributed by atoms with Crippen LogP contribution in [0.25, 0.3) is 0 Å². The summed E-state index contributed by atoms with van der Waals surface area (Å²) in [5, 5.41) is 1.59. The Hall–Kier alpha value is -1.42. The molecule has 0 fully saturated rings. The molecule has 0 aromatic heterocycles. The van der Waals surface area contributed by atoms with Gasteiger partial charge in [-0.1, -0.05) is 38.5 Å². The molecule has 0 heterocycles. The molecule has 0 saturated heterocycles. The van der Waals surface area contributed by atoms with Gasteiger partial charge in [-0.25, -0.2) is 4.21 Å². The Morgan fingerprint density at radius 3 is 2.25 bits per heavy atom. The molecule has 0 saturated carbocycles. The van der Waals surface area contributed by atoms with Gasteiger partial charge in [-0.15, -0.1) is 0 Å². The van der Waals surface area contributed by atoms with Crippen molar-refractivity contribution in [2.75, 3.05) is 0 Å². The Balaban J connectivity index is 2.84. The molecule has 1 aromatic carbocycles. The maximum atomic E-state index is 12.2. The third-order valence-corrected chi connectivity index (χ3v) is 3.92. The maximum absolute atomic E-state index is 12.2. The highest BCUT2D eigenvalue weighted by Gasteiger charge is 2.25. The van der Waals surface area contributed by atoms with Crippen LogP contribution in [-0.2, 0) is 20.3 Å². The van der Waals surface area contributed by atoms with Crippen molar-refractivity contribution < 1.29 is 13.7 Å². The first-order valence-corrected chi connectivity index (χ1v) is 7.74. The molecule has 1 rings (SSSR count). The summed E-state index contributed by atoms with van der Waals surface area (Å²) < 4.78 is 17.4. The summed E-state index contributed by atoms with van der Waals surface area (Å²) in [6, 6.07) is 7.53. The number of hydrogen-bond donors (Lipinski definition) is 0. The number of carbonyl (C=O) groups excluding carboxylic acids is 1. The summed E-state index contributed by atoms with van der Waals surface area (Å²) >= 11 is 0. The predicted octanol–water partition coefficient (Wildman–Crippen LogP) is 3.59. The topological polar surface area (TPSA) is 43.4 Å². The van der Waals surface area contributed by atoms with Crippen LogP contribution in [0.2, 0.25) is 0 Å². The van der Waals surface area contributed by atoms with Gasteiger partial charge in [0.1, 0.15) is 6.10 Å². The van der Waals surface area contributed by atoms with Gasteiger partial charge >= 0.3 is 5.97 Å². The summed E-state index contributed by atoms with van der Waals surface area (Å²) in [5.41, 5.74) is 0.891. The normalized spacial score (nSPS) is 15.1. The lowest BCUT2D eigenvalue weighted by Crippen LogP contribution is -2.29. The monoisotopic (exact) mass is 294 g/mol. The van der Waals surface area contributed by atoms with Gasteiger partial charge in [-0.05, 0) is 25.1 Å². The van der Waals surface area contributed by atoms with Crippen LogP contribution >= 0.6 is 0 Å². The minimum atomic E-state index is -1.23. The second-order valence-electron chi connectivity index (χ2n) is 5.84. The number of benzene rings is 1. The molecular formula is C16H22O3S. The van der Waals surface area contributed by atoms with E-state index in [1.807, 2.05) is 52.0 Å². The molecule has 0 amide bonds. The highest BCUT2D eigenvalue weighted by atomic mass is 32.2. The molecule has 3 nitrogen and oxygen atoms in total. The van der Waals surface area contributed by atoms with Crippen LogP contribution in [-0.4, -0.2) is 16.3 Å². The van der Waals surface area contributed by atoms with Crippen LogP contribution in [0.5, 0.6) is 0 Å². The number of esters is 1. The maximum Gasteiger partial charge on any atom is 0.303 e. The van der Waals surface area contributed by atoms with Gasteiger partial charge in [0.25, 0.3) is 0 Å². The standard InChI is InChI=1S/C16H22O3S/c1-12-6-8-14(9-7-12)20(18)11-10-15(16(3,4)5)19-13(2)17/h6-11,15H,1-5H3/b11-10+/t15-,20?/m1/s1. The molecule has 0 N–H and O–H groups in total. The van der Waals surface area contributed by atoms with E-state index in [0.717, 1.165) is 10.5 Å². The van der Waals surface area contributed by atoms with E-state index in [2.05, 4.69) is 0 Å².